The first kappa shape index (κ1) is 13.1. The van der Waals surface area contributed by atoms with Crippen LogP contribution in [0.1, 0.15) is 23.0 Å². The Bertz CT molecular complexity index is 590. The molecule has 0 unspecified atom stereocenters. The van der Waals surface area contributed by atoms with Crippen LogP contribution in [0, 0.1) is 0 Å². The molecule has 100 valence electrons. The summed E-state index contributed by atoms with van der Waals surface area (Å²) in [5.41, 5.74) is 1.34. The highest BCUT2D eigenvalue weighted by atomic mass is 16.5. The van der Waals surface area contributed by atoms with Crippen molar-refractivity contribution in [3.63, 3.8) is 0 Å². The van der Waals surface area contributed by atoms with Gasteiger partial charge in [0, 0.05) is 19.3 Å². The largest absolute Gasteiger partial charge is 0.497 e. The maximum Gasteiger partial charge on any atom is 0.163 e. The summed E-state index contributed by atoms with van der Waals surface area (Å²) in [6.07, 6.45) is 1.84. The van der Waals surface area contributed by atoms with E-state index >= 15 is 0 Å². The van der Waals surface area contributed by atoms with Crippen LogP contribution >= 0.6 is 0 Å². The van der Waals surface area contributed by atoms with E-state index in [0.29, 0.717) is 23.7 Å². The molecule has 0 aliphatic heterocycles. The smallest absolute Gasteiger partial charge is 0.163 e. The van der Waals surface area contributed by atoms with E-state index in [9.17, 15) is 4.79 Å². The highest BCUT2D eigenvalue weighted by Crippen LogP contribution is 2.25. The lowest BCUT2D eigenvalue weighted by Gasteiger charge is -2.10. The number of aryl methyl sites for hydroxylation is 1. The lowest BCUT2D eigenvalue weighted by atomic mass is 10.1. The second-order valence-corrected chi connectivity index (χ2v) is 4.19. The van der Waals surface area contributed by atoms with Crippen molar-refractivity contribution >= 4 is 5.78 Å². The van der Waals surface area contributed by atoms with Gasteiger partial charge in [-0.05, 0) is 25.1 Å². The number of nitrogens with zero attached hydrogens (tertiary/aromatic N) is 2. The fourth-order valence-electron chi connectivity index (χ4n) is 1.73. The number of aromatic nitrogens is 2. The van der Waals surface area contributed by atoms with E-state index in [1.54, 1.807) is 30.0 Å². The minimum atomic E-state index is -0.0429. The molecule has 0 fully saturated rings. The molecule has 1 aromatic carbocycles. The van der Waals surface area contributed by atoms with Crippen LogP contribution in [0.3, 0.4) is 0 Å². The highest BCUT2D eigenvalue weighted by Gasteiger charge is 2.10. The normalized spacial score (nSPS) is 10.3. The Kier molecular flexibility index (Phi) is 3.85. The molecule has 1 aromatic heterocycles. The predicted molar refractivity (Wildman–Crippen MR) is 70.5 cm³/mol. The summed E-state index contributed by atoms with van der Waals surface area (Å²) >= 11 is 0. The van der Waals surface area contributed by atoms with Gasteiger partial charge >= 0.3 is 0 Å². The second kappa shape index (κ2) is 5.56. The van der Waals surface area contributed by atoms with E-state index in [4.69, 9.17) is 9.47 Å². The van der Waals surface area contributed by atoms with Gasteiger partial charge in [-0.25, -0.2) is 0 Å². The topological polar surface area (TPSA) is 53.4 Å². The Morgan fingerprint density at radius 2 is 2.16 bits per heavy atom. The molecule has 5 heteroatoms. The summed E-state index contributed by atoms with van der Waals surface area (Å²) in [6.45, 7) is 1.82. The summed E-state index contributed by atoms with van der Waals surface area (Å²) in [5, 5.41) is 4.22. The standard InChI is InChI=1S/C14H16N2O3/c1-10(17)13-5-4-12(18-3)8-14(13)19-9-11-6-7-16(2)15-11/h4-8H,9H2,1-3H3. The molecule has 2 aromatic rings. The Morgan fingerprint density at radius 3 is 2.74 bits per heavy atom. The lowest BCUT2D eigenvalue weighted by molar-refractivity contribution is 0.101. The molecule has 0 aliphatic rings. The Labute approximate surface area is 111 Å². The quantitative estimate of drug-likeness (QED) is 0.773. The number of ketones is 1. The van der Waals surface area contributed by atoms with E-state index in [-0.39, 0.29) is 5.78 Å². The minimum absolute atomic E-state index is 0.0429. The number of carbonyl (C=O) groups is 1. The fraction of sp³-hybridized carbons (Fsp3) is 0.286. The van der Waals surface area contributed by atoms with Crippen molar-refractivity contribution in [3.8, 4) is 11.5 Å². The molecule has 0 spiro atoms. The van der Waals surface area contributed by atoms with Crippen LogP contribution in [-0.2, 0) is 13.7 Å². The van der Waals surface area contributed by atoms with E-state index in [1.165, 1.54) is 6.92 Å². The molecule has 19 heavy (non-hydrogen) atoms. The monoisotopic (exact) mass is 260 g/mol. The number of rotatable bonds is 5. The Hall–Kier alpha value is -2.30. The average molecular weight is 260 g/mol. The summed E-state index contributed by atoms with van der Waals surface area (Å²) in [7, 11) is 3.42. The third-order valence-corrected chi connectivity index (χ3v) is 2.71. The molecule has 0 saturated heterocycles. The van der Waals surface area contributed by atoms with Crippen LogP contribution in [0.25, 0.3) is 0 Å². The van der Waals surface area contributed by atoms with E-state index in [0.717, 1.165) is 5.69 Å². The number of hydrogen-bond donors (Lipinski definition) is 0. The van der Waals surface area contributed by atoms with Crippen molar-refractivity contribution in [1.82, 2.24) is 9.78 Å². The van der Waals surface area contributed by atoms with Gasteiger partial charge in [0.1, 0.15) is 18.1 Å². The van der Waals surface area contributed by atoms with Gasteiger partial charge in [-0.3, -0.25) is 9.48 Å². The zero-order valence-electron chi connectivity index (χ0n) is 11.2. The van der Waals surface area contributed by atoms with Crippen molar-refractivity contribution < 1.29 is 14.3 Å². The van der Waals surface area contributed by atoms with Crippen LogP contribution in [-0.4, -0.2) is 22.7 Å². The van der Waals surface area contributed by atoms with Gasteiger partial charge < -0.3 is 9.47 Å². The van der Waals surface area contributed by atoms with Crippen LogP contribution in [0.2, 0.25) is 0 Å². The number of ether oxygens (including phenoxy) is 2. The number of methoxy groups -OCH3 is 1. The van der Waals surface area contributed by atoms with Crippen molar-refractivity contribution in [3.05, 3.63) is 41.7 Å². The molecule has 0 saturated carbocycles. The van der Waals surface area contributed by atoms with Crippen LogP contribution < -0.4 is 9.47 Å². The first-order chi connectivity index (χ1) is 9.10. The van der Waals surface area contributed by atoms with Crippen molar-refractivity contribution in [1.29, 1.82) is 0 Å². The third-order valence-electron chi connectivity index (χ3n) is 2.71. The number of benzene rings is 1. The molecule has 0 bridgehead atoms. The first-order valence-corrected chi connectivity index (χ1v) is 5.90. The molecule has 0 N–H and O–H groups in total. The summed E-state index contributed by atoms with van der Waals surface area (Å²) < 4.78 is 12.5. The highest BCUT2D eigenvalue weighted by molar-refractivity contribution is 5.97. The molecule has 0 amide bonds. The maximum atomic E-state index is 11.5. The molecule has 1 heterocycles. The first-order valence-electron chi connectivity index (χ1n) is 5.90. The van der Waals surface area contributed by atoms with Gasteiger partial charge in [0.05, 0.1) is 18.4 Å². The van der Waals surface area contributed by atoms with Crippen molar-refractivity contribution in [2.75, 3.05) is 7.11 Å². The van der Waals surface area contributed by atoms with Crippen LogP contribution in [0.15, 0.2) is 30.5 Å². The summed E-state index contributed by atoms with van der Waals surface area (Å²) in [5.74, 6) is 1.12. The fourth-order valence-corrected chi connectivity index (χ4v) is 1.73. The van der Waals surface area contributed by atoms with E-state index in [2.05, 4.69) is 5.10 Å². The molecule has 2 rings (SSSR count). The zero-order chi connectivity index (χ0) is 13.8. The second-order valence-electron chi connectivity index (χ2n) is 4.19. The summed E-state index contributed by atoms with van der Waals surface area (Å²) in [6, 6.07) is 7.02. The van der Waals surface area contributed by atoms with Gasteiger partial charge in [0.15, 0.2) is 5.78 Å². The number of hydrogen-bond acceptors (Lipinski definition) is 4. The average Bonchev–Trinajstić information content (AvgIpc) is 2.81. The maximum absolute atomic E-state index is 11.5. The molecule has 0 atom stereocenters. The van der Waals surface area contributed by atoms with Gasteiger partial charge in [0.2, 0.25) is 0 Å². The third kappa shape index (κ3) is 3.13. The molecule has 0 radical (unpaired) electrons. The van der Waals surface area contributed by atoms with Gasteiger partial charge in [0.25, 0.3) is 0 Å². The number of carbonyl (C=O) groups excluding carboxylic acids is 1. The Balaban J connectivity index is 2.19. The predicted octanol–water partition coefficient (Wildman–Crippen LogP) is 2.21. The van der Waals surface area contributed by atoms with Crippen molar-refractivity contribution in [2.45, 2.75) is 13.5 Å². The Morgan fingerprint density at radius 1 is 1.37 bits per heavy atom. The molecular formula is C14H16N2O3. The zero-order valence-corrected chi connectivity index (χ0v) is 11.2. The van der Waals surface area contributed by atoms with Crippen LogP contribution in [0.4, 0.5) is 0 Å². The van der Waals surface area contributed by atoms with Gasteiger partial charge in [-0.2, -0.15) is 5.10 Å². The van der Waals surface area contributed by atoms with Crippen molar-refractivity contribution in [2.24, 2.45) is 7.05 Å². The molecular weight excluding hydrogens is 244 g/mol. The minimum Gasteiger partial charge on any atom is -0.497 e. The van der Waals surface area contributed by atoms with E-state index < -0.39 is 0 Å². The van der Waals surface area contributed by atoms with Crippen LogP contribution in [0.5, 0.6) is 11.5 Å². The lowest BCUT2D eigenvalue weighted by Crippen LogP contribution is -2.03. The molecule has 5 nitrogen and oxygen atoms in total. The SMILES string of the molecule is COc1ccc(C(C)=O)c(OCc2ccn(C)n2)c1. The van der Waals surface area contributed by atoms with Gasteiger partial charge in [-0.15, -0.1) is 0 Å². The van der Waals surface area contributed by atoms with E-state index in [1.807, 2.05) is 19.3 Å². The number of Topliss-reactive ketones (excluding diaryl/α,β-unsaturated/α-hetero) is 1. The summed E-state index contributed by atoms with van der Waals surface area (Å²) in [4.78, 5) is 11.5. The van der Waals surface area contributed by atoms with Gasteiger partial charge in [-0.1, -0.05) is 0 Å². The molecule has 0 aliphatic carbocycles.